The van der Waals surface area contributed by atoms with Crippen molar-refractivity contribution in [2.24, 2.45) is 7.05 Å². The lowest BCUT2D eigenvalue weighted by Gasteiger charge is -2.10. The SMILES string of the molecule is CNc1c(C(=O)NCc2nccn2C)cccc1[N+](=O)[O-]. The molecule has 1 amide bonds. The minimum atomic E-state index is -0.526. The minimum Gasteiger partial charge on any atom is -0.382 e. The van der Waals surface area contributed by atoms with Gasteiger partial charge in [-0.15, -0.1) is 0 Å². The number of rotatable bonds is 5. The number of aryl methyl sites for hydroxylation is 1. The van der Waals surface area contributed by atoms with Gasteiger partial charge in [0.25, 0.3) is 11.6 Å². The van der Waals surface area contributed by atoms with E-state index in [0.717, 1.165) is 0 Å². The third kappa shape index (κ3) is 2.99. The summed E-state index contributed by atoms with van der Waals surface area (Å²) in [4.78, 5) is 26.7. The first kappa shape index (κ1) is 14.5. The normalized spacial score (nSPS) is 10.2. The van der Waals surface area contributed by atoms with Crippen molar-refractivity contribution in [2.45, 2.75) is 6.54 Å². The average Bonchev–Trinajstić information content (AvgIpc) is 2.89. The molecule has 8 nitrogen and oxygen atoms in total. The smallest absolute Gasteiger partial charge is 0.293 e. The highest BCUT2D eigenvalue weighted by molar-refractivity contribution is 6.01. The number of imidazole rings is 1. The largest absolute Gasteiger partial charge is 0.382 e. The summed E-state index contributed by atoms with van der Waals surface area (Å²) in [5, 5.41) is 16.4. The van der Waals surface area contributed by atoms with Crippen LogP contribution in [-0.2, 0) is 13.6 Å². The lowest BCUT2D eigenvalue weighted by Crippen LogP contribution is -2.25. The monoisotopic (exact) mass is 289 g/mol. The summed E-state index contributed by atoms with van der Waals surface area (Å²) in [5.74, 6) is 0.297. The molecule has 2 N–H and O–H groups in total. The third-order valence-corrected chi connectivity index (χ3v) is 3.06. The van der Waals surface area contributed by atoms with Gasteiger partial charge in [0, 0.05) is 32.6 Å². The highest BCUT2D eigenvalue weighted by Gasteiger charge is 2.20. The summed E-state index contributed by atoms with van der Waals surface area (Å²) < 4.78 is 1.78. The van der Waals surface area contributed by atoms with Gasteiger partial charge in [-0.25, -0.2) is 4.98 Å². The van der Waals surface area contributed by atoms with Crippen LogP contribution in [0.4, 0.5) is 11.4 Å². The van der Waals surface area contributed by atoms with Gasteiger partial charge in [-0.2, -0.15) is 0 Å². The number of nitrogens with one attached hydrogen (secondary N) is 2. The molecule has 0 radical (unpaired) electrons. The fourth-order valence-electron chi connectivity index (χ4n) is 1.97. The molecule has 110 valence electrons. The topological polar surface area (TPSA) is 102 Å². The number of amides is 1. The van der Waals surface area contributed by atoms with Crippen molar-refractivity contribution in [3.05, 3.63) is 52.1 Å². The van der Waals surface area contributed by atoms with E-state index in [1.807, 2.05) is 7.05 Å². The van der Waals surface area contributed by atoms with E-state index in [0.29, 0.717) is 5.82 Å². The Hall–Kier alpha value is -2.90. The Bertz CT molecular complexity index is 680. The van der Waals surface area contributed by atoms with Gasteiger partial charge in [0.15, 0.2) is 0 Å². The molecule has 21 heavy (non-hydrogen) atoms. The standard InChI is InChI=1S/C13H15N5O3/c1-14-12-9(4-3-5-10(12)18(20)21)13(19)16-8-11-15-6-7-17(11)2/h3-7,14H,8H2,1-2H3,(H,16,19). The fraction of sp³-hybridized carbons (Fsp3) is 0.231. The van der Waals surface area contributed by atoms with E-state index in [1.54, 1.807) is 17.0 Å². The van der Waals surface area contributed by atoms with Crippen LogP contribution in [0.3, 0.4) is 0 Å². The van der Waals surface area contributed by atoms with Gasteiger partial charge in [0.2, 0.25) is 0 Å². The molecule has 1 aromatic carbocycles. The number of carbonyl (C=O) groups is 1. The molecule has 2 rings (SSSR count). The number of nitro benzene ring substituents is 1. The van der Waals surface area contributed by atoms with Crippen LogP contribution in [-0.4, -0.2) is 27.4 Å². The van der Waals surface area contributed by atoms with E-state index in [-0.39, 0.29) is 23.5 Å². The molecular weight excluding hydrogens is 274 g/mol. The van der Waals surface area contributed by atoms with Crippen LogP contribution in [0.1, 0.15) is 16.2 Å². The molecular formula is C13H15N5O3. The summed E-state index contributed by atoms with van der Waals surface area (Å²) in [7, 11) is 3.36. The maximum Gasteiger partial charge on any atom is 0.293 e. The highest BCUT2D eigenvalue weighted by atomic mass is 16.6. The zero-order chi connectivity index (χ0) is 15.4. The van der Waals surface area contributed by atoms with Crippen molar-refractivity contribution in [1.82, 2.24) is 14.9 Å². The number of aromatic nitrogens is 2. The molecule has 0 aliphatic carbocycles. The molecule has 0 fully saturated rings. The van der Waals surface area contributed by atoms with Gasteiger partial charge in [0.1, 0.15) is 11.5 Å². The molecule has 2 aromatic rings. The Labute approximate surface area is 121 Å². The first-order chi connectivity index (χ1) is 10.0. The van der Waals surface area contributed by atoms with Crippen molar-refractivity contribution < 1.29 is 9.72 Å². The molecule has 1 aromatic heterocycles. The van der Waals surface area contributed by atoms with Crippen molar-refractivity contribution in [3.8, 4) is 0 Å². The second-order valence-electron chi connectivity index (χ2n) is 4.34. The summed E-state index contributed by atoms with van der Waals surface area (Å²) in [6.07, 6.45) is 3.40. The summed E-state index contributed by atoms with van der Waals surface area (Å²) >= 11 is 0. The Morgan fingerprint density at radius 2 is 2.24 bits per heavy atom. The predicted octanol–water partition coefficient (Wildman–Crippen LogP) is 1.30. The van der Waals surface area contributed by atoms with E-state index >= 15 is 0 Å². The number of hydrogen-bond donors (Lipinski definition) is 2. The number of hydrogen-bond acceptors (Lipinski definition) is 5. The summed E-state index contributed by atoms with van der Waals surface area (Å²) in [6.45, 7) is 0.244. The van der Waals surface area contributed by atoms with Crippen molar-refractivity contribution in [1.29, 1.82) is 0 Å². The molecule has 0 spiro atoms. The van der Waals surface area contributed by atoms with Gasteiger partial charge >= 0.3 is 0 Å². The van der Waals surface area contributed by atoms with Crippen LogP contribution >= 0.6 is 0 Å². The Morgan fingerprint density at radius 3 is 2.81 bits per heavy atom. The van der Waals surface area contributed by atoms with Gasteiger partial charge in [0.05, 0.1) is 17.0 Å². The van der Waals surface area contributed by atoms with Crippen molar-refractivity contribution >= 4 is 17.3 Å². The van der Waals surface area contributed by atoms with E-state index in [1.165, 1.54) is 25.2 Å². The molecule has 0 saturated heterocycles. The predicted molar refractivity (Wildman–Crippen MR) is 77.0 cm³/mol. The van der Waals surface area contributed by atoms with Crippen LogP contribution < -0.4 is 10.6 Å². The Balaban J connectivity index is 2.21. The van der Waals surface area contributed by atoms with Crippen LogP contribution in [0.2, 0.25) is 0 Å². The fourth-order valence-corrected chi connectivity index (χ4v) is 1.97. The van der Waals surface area contributed by atoms with Crippen molar-refractivity contribution in [2.75, 3.05) is 12.4 Å². The molecule has 0 saturated carbocycles. The molecule has 0 unspecified atom stereocenters. The molecule has 8 heteroatoms. The van der Waals surface area contributed by atoms with Crippen LogP contribution in [0.25, 0.3) is 0 Å². The quantitative estimate of drug-likeness (QED) is 0.638. The van der Waals surface area contributed by atoms with Gasteiger partial charge in [-0.1, -0.05) is 6.07 Å². The number of para-hydroxylation sites is 1. The van der Waals surface area contributed by atoms with Gasteiger partial charge in [-0.3, -0.25) is 14.9 Å². The van der Waals surface area contributed by atoms with Crippen molar-refractivity contribution in [3.63, 3.8) is 0 Å². The molecule has 0 bridgehead atoms. The number of nitrogens with zero attached hydrogens (tertiary/aromatic N) is 3. The van der Waals surface area contributed by atoms with Crippen LogP contribution in [0, 0.1) is 10.1 Å². The van der Waals surface area contributed by atoms with Gasteiger partial charge < -0.3 is 15.2 Å². The highest BCUT2D eigenvalue weighted by Crippen LogP contribution is 2.27. The molecule has 0 atom stereocenters. The van der Waals surface area contributed by atoms with E-state index < -0.39 is 10.8 Å². The second kappa shape index (κ2) is 6.04. The summed E-state index contributed by atoms with van der Waals surface area (Å²) in [5.41, 5.74) is 0.280. The zero-order valence-corrected chi connectivity index (χ0v) is 11.7. The molecule has 0 aliphatic rings. The number of benzene rings is 1. The second-order valence-corrected chi connectivity index (χ2v) is 4.34. The number of carbonyl (C=O) groups excluding carboxylic acids is 1. The Kier molecular flexibility index (Phi) is 4.17. The third-order valence-electron chi connectivity index (χ3n) is 3.06. The maximum atomic E-state index is 12.2. The van der Waals surface area contributed by atoms with Crippen LogP contribution in [0.5, 0.6) is 0 Å². The summed E-state index contributed by atoms with van der Waals surface area (Å²) in [6, 6.07) is 4.36. The maximum absolute atomic E-state index is 12.2. The minimum absolute atomic E-state index is 0.137. The first-order valence-corrected chi connectivity index (χ1v) is 6.24. The number of anilines is 1. The number of nitro groups is 1. The van der Waals surface area contributed by atoms with E-state index in [2.05, 4.69) is 15.6 Å². The first-order valence-electron chi connectivity index (χ1n) is 6.24. The van der Waals surface area contributed by atoms with E-state index in [4.69, 9.17) is 0 Å². The van der Waals surface area contributed by atoms with Crippen LogP contribution in [0.15, 0.2) is 30.6 Å². The zero-order valence-electron chi connectivity index (χ0n) is 11.7. The molecule has 1 heterocycles. The molecule has 0 aliphatic heterocycles. The van der Waals surface area contributed by atoms with Gasteiger partial charge in [-0.05, 0) is 6.07 Å². The average molecular weight is 289 g/mol. The lowest BCUT2D eigenvalue weighted by atomic mass is 10.1. The Morgan fingerprint density at radius 1 is 1.48 bits per heavy atom. The van der Waals surface area contributed by atoms with E-state index in [9.17, 15) is 14.9 Å². The lowest BCUT2D eigenvalue weighted by molar-refractivity contribution is -0.384.